The molecule has 0 spiro atoms. The number of hydrogen-bond donors (Lipinski definition) is 2. The van der Waals surface area contributed by atoms with E-state index in [1.165, 1.54) is 0 Å². The van der Waals surface area contributed by atoms with Crippen LogP contribution in [0.15, 0.2) is 48.5 Å². The van der Waals surface area contributed by atoms with Gasteiger partial charge in [-0.3, -0.25) is 10.1 Å². The molecule has 0 aliphatic heterocycles. The summed E-state index contributed by atoms with van der Waals surface area (Å²) < 4.78 is 5.19. The van der Waals surface area contributed by atoms with Crippen molar-refractivity contribution in [2.75, 3.05) is 10.6 Å². The van der Waals surface area contributed by atoms with E-state index in [1.54, 1.807) is 69.3 Å². The lowest BCUT2D eigenvalue weighted by Gasteiger charge is -2.19. The van der Waals surface area contributed by atoms with Gasteiger partial charge in [-0.25, -0.2) is 4.79 Å². The average molecular weight is 347 g/mol. The lowest BCUT2D eigenvalue weighted by Crippen LogP contribution is -2.27. The number of carbonyl (C=O) groups is 2. The zero-order valence-electron chi connectivity index (χ0n) is 13.7. The van der Waals surface area contributed by atoms with Gasteiger partial charge in [0.15, 0.2) is 0 Å². The van der Waals surface area contributed by atoms with Crippen LogP contribution >= 0.6 is 11.6 Å². The Morgan fingerprint density at radius 3 is 2.21 bits per heavy atom. The minimum atomic E-state index is -0.592. The molecule has 0 saturated heterocycles. The Morgan fingerprint density at radius 1 is 0.958 bits per heavy atom. The number of rotatable bonds is 3. The number of anilines is 2. The smallest absolute Gasteiger partial charge is 0.412 e. The first-order valence-electron chi connectivity index (χ1n) is 7.40. The summed E-state index contributed by atoms with van der Waals surface area (Å²) in [6, 6.07) is 13.5. The van der Waals surface area contributed by atoms with Gasteiger partial charge in [-0.1, -0.05) is 23.7 Å². The first-order valence-corrected chi connectivity index (χ1v) is 7.78. The highest BCUT2D eigenvalue weighted by atomic mass is 35.5. The van der Waals surface area contributed by atoms with Crippen LogP contribution in [-0.2, 0) is 4.74 Å². The maximum absolute atomic E-state index is 12.3. The van der Waals surface area contributed by atoms with Crippen LogP contribution in [0.5, 0.6) is 0 Å². The predicted molar refractivity (Wildman–Crippen MR) is 95.7 cm³/mol. The van der Waals surface area contributed by atoms with Crippen LogP contribution in [0, 0.1) is 0 Å². The second kappa shape index (κ2) is 7.36. The fraction of sp³-hybridized carbons (Fsp3) is 0.222. The van der Waals surface area contributed by atoms with Gasteiger partial charge in [-0.2, -0.15) is 0 Å². The van der Waals surface area contributed by atoms with Crippen LogP contribution in [-0.4, -0.2) is 17.6 Å². The first kappa shape index (κ1) is 17.8. The SMILES string of the molecule is CC(C)(C)OC(=O)Nc1cccc(C(=O)Nc2cccc(Cl)c2)c1. The minimum absolute atomic E-state index is 0.301. The quantitative estimate of drug-likeness (QED) is 0.827. The van der Waals surface area contributed by atoms with Gasteiger partial charge in [-0.05, 0) is 57.2 Å². The van der Waals surface area contributed by atoms with Gasteiger partial charge in [0.2, 0.25) is 0 Å². The molecule has 24 heavy (non-hydrogen) atoms. The molecule has 0 radical (unpaired) electrons. The molecule has 2 aromatic carbocycles. The number of hydrogen-bond acceptors (Lipinski definition) is 3. The van der Waals surface area contributed by atoms with Gasteiger partial charge in [0.05, 0.1) is 0 Å². The number of halogens is 1. The third kappa shape index (κ3) is 5.59. The van der Waals surface area contributed by atoms with Gasteiger partial charge in [0.1, 0.15) is 5.60 Å². The molecule has 2 rings (SSSR count). The maximum atomic E-state index is 12.3. The third-order valence-corrected chi connectivity index (χ3v) is 3.09. The van der Waals surface area contributed by atoms with Crippen molar-refractivity contribution in [2.45, 2.75) is 26.4 Å². The Balaban J connectivity index is 2.06. The molecule has 0 aliphatic carbocycles. The Kier molecular flexibility index (Phi) is 5.46. The summed E-state index contributed by atoms with van der Waals surface area (Å²) >= 11 is 5.90. The second-order valence-electron chi connectivity index (χ2n) is 6.17. The van der Waals surface area contributed by atoms with Crippen molar-refractivity contribution in [1.29, 1.82) is 0 Å². The summed E-state index contributed by atoms with van der Waals surface area (Å²) in [5.41, 5.74) is 0.885. The number of benzene rings is 2. The Hall–Kier alpha value is -2.53. The summed E-state index contributed by atoms with van der Waals surface area (Å²) in [5, 5.41) is 5.89. The molecule has 6 heteroatoms. The van der Waals surface area contributed by atoms with Crippen molar-refractivity contribution in [3.05, 3.63) is 59.1 Å². The molecule has 0 saturated carbocycles. The summed E-state index contributed by atoms with van der Waals surface area (Å²) in [6.45, 7) is 5.34. The Morgan fingerprint density at radius 2 is 1.58 bits per heavy atom. The molecular formula is C18H19ClN2O3. The molecule has 0 aromatic heterocycles. The van der Waals surface area contributed by atoms with E-state index in [9.17, 15) is 9.59 Å². The largest absolute Gasteiger partial charge is 0.444 e. The van der Waals surface area contributed by atoms with E-state index in [0.717, 1.165) is 0 Å². The fourth-order valence-corrected chi connectivity index (χ4v) is 2.12. The normalized spacial score (nSPS) is 10.8. The molecule has 2 aromatic rings. The molecule has 2 amide bonds. The molecule has 2 N–H and O–H groups in total. The van der Waals surface area contributed by atoms with E-state index in [1.807, 2.05) is 0 Å². The highest BCUT2D eigenvalue weighted by molar-refractivity contribution is 6.31. The minimum Gasteiger partial charge on any atom is -0.444 e. The lowest BCUT2D eigenvalue weighted by atomic mass is 10.2. The first-order chi connectivity index (χ1) is 11.2. The number of amides is 2. The van der Waals surface area contributed by atoms with Gasteiger partial charge < -0.3 is 10.1 Å². The van der Waals surface area contributed by atoms with E-state index in [0.29, 0.717) is 22.0 Å². The third-order valence-electron chi connectivity index (χ3n) is 2.85. The van der Waals surface area contributed by atoms with Crippen molar-refractivity contribution >= 4 is 35.0 Å². The summed E-state index contributed by atoms with van der Waals surface area (Å²) in [4.78, 5) is 24.1. The van der Waals surface area contributed by atoms with E-state index < -0.39 is 11.7 Å². The van der Waals surface area contributed by atoms with Gasteiger partial charge in [-0.15, -0.1) is 0 Å². The predicted octanol–water partition coefficient (Wildman–Crippen LogP) is 4.94. The van der Waals surface area contributed by atoms with Crippen LogP contribution in [0.25, 0.3) is 0 Å². The lowest BCUT2D eigenvalue weighted by molar-refractivity contribution is 0.0635. The van der Waals surface area contributed by atoms with Crippen molar-refractivity contribution in [3.8, 4) is 0 Å². The fourth-order valence-electron chi connectivity index (χ4n) is 1.93. The van der Waals surface area contributed by atoms with Crippen LogP contribution in [0.2, 0.25) is 5.02 Å². The van der Waals surface area contributed by atoms with E-state index in [-0.39, 0.29) is 5.91 Å². The Labute approximate surface area is 146 Å². The topological polar surface area (TPSA) is 67.4 Å². The summed E-state index contributed by atoms with van der Waals surface area (Å²) in [7, 11) is 0. The molecule has 0 unspecified atom stereocenters. The highest BCUT2D eigenvalue weighted by Gasteiger charge is 2.16. The van der Waals surface area contributed by atoms with Crippen molar-refractivity contribution in [3.63, 3.8) is 0 Å². The summed E-state index contributed by atoms with van der Waals surface area (Å²) in [5.74, 6) is -0.301. The number of ether oxygens (including phenoxy) is 1. The van der Waals surface area contributed by atoms with Crippen molar-refractivity contribution < 1.29 is 14.3 Å². The van der Waals surface area contributed by atoms with Gasteiger partial charge >= 0.3 is 6.09 Å². The van der Waals surface area contributed by atoms with E-state index in [2.05, 4.69) is 10.6 Å². The second-order valence-corrected chi connectivity index (χ2v) is 6.61. The molecular weight excluding hydrogens is 328 g/mol. The molecule has 5 nitrogen and oxygen atoms in total. The number of nitrogens with one attached hydrogen (secondary N) is 2. The van der Waals surface area contributed by atoms with Crippen LogP contribution < -0.4 is 10.6 Å². The zero-order chi connectivity index (χ0) is 17.7. The Bertz CT molecular complexity index is 754. The van der Waals surface area contributed by atoms with E-state index >= 15 is 0 Å². The van der Waals surface area contributed by atoms with Crippen molar-refractivity contribution in [1.82, 2.24) is 0 Å². The van der Waals surface area contributed by atoms with E-state index in [4.69, 9.17) is 16.3 Å². The monoisotopic (exact) mass is 346 g/mol. The molecule has 0 aliphatic rings. The van der Waals surface area contributed by atoms with Crippen LogP contribution in [0.4, 0.5) is 16.2 Å². The summed E-state index contributed by atoms with van der Waals surface area (Å²) in [6.07, 6.45) is -0.574. The van der Waals surface area contributed by atoms with Crippen LogP contribution in [0.1, 0.15) is 31.1 Å². The maximum Gasteiger partial charge on any atom is 0.412 e. The molecule has 0 heterocycles. The number of carbonyl (C=O) groups excluding carboxylic acids is 2. The molecule has 126 valence electrons. The van der Waals surface area contributed by atoms with Crippen LogP contribution in [0.3, 0.4) is 0 Å². The molecule has 0 bridgehead atoms. The van der Waals surface area contributed by atoms with Crippen molar-refractivity contribution in [2.24, 2.45) is 0 Å². The van der Waals surface area contributed by atoms with Gasteiger partial charge in [0.25, 0.3) is 5.91 Å². The highest BCUT2D eigenvalue weighted by Crippen LogP contribution is 2.18. The zero-order valence-corrected chi connectivity index (χ0v) is 14.5. The molecule has 0 atom stereocenters. The average Bonchev–Trinajstić information content (AvgIpc) is 2.45. The van der Waals surface area contributed by atoms with Gasteiger partial charge in [0, 0.05) is 22.0 Å². The molecule has 0 fully saturated rings. The standard InChI is InChI=1S/C18H19ClN2O3/c1-18(2,3)24-17(23)21-14-8-4-6-12(10-14)16(22)20-15-9-5-7-13(19)11-15/h4-11H,1-3H3,(H,20,22)(H,21,23).